The molecule has 0 spiro atoms. The van der Waals surface area contributed by atoms with Gasteiger partial charge in [0.15, 0.2) is 0 Å². The van der Waals surface area contributed by atoms with Crippen LogP contribution in [-0.2, 0) is 49.0 Å². The maximum atomic E-state index is 15.0. The van der Waals surface area contributed by atoms with Crippen LogP contribution in [-0.4, -0.2) is 98.4 Å². The van der Waals surface area contributed by atoms with Crippen LogP contribution in [0, 0.1) is 35.0 Å². The Labute approximate surface area is 368 Å². The Morgan fingerprint density at radius 1 is 0.603 bits per heavy atom. The summed E-state index contributed by atoms with van der Waals surface area (Å²) in [7, 11) is 0. The zero-order chi connectivity index (χ0) is 43.0. The van der Waals surface area contributed by atoms with E-state index in [1.54, 1.807) is 9.80 Å². The van der Waals surface area contributed by atoms with Crippen molar-refractivity contribution in [2.45, 2.75) is 68.5 Å². The number of carbonyl (C=O) groups is 4. The van der Waals surface area contributed by atoms with Gasteiger partial charge in [-0.05, 0) is 68.7 Å². The first kappa shape index (κ1) is 39.6. The van der Waals surface area contributed by atoms with Crippen LogP contribution < -0.4 is 0 Å². The van der Waals surface area contributed by atoms with Gasteiger partial charge in [-0.2, -0.15) is 0 Å². The molecule has 14 rings (SSSR count). The van der Waals surface area contributed by atoms with Crippen molar-refractivity contribution in [1.29, 1.82) is 0 Å². The van der Waals surface area contributed by atoms with Crippen molar-refractivity contribution < 1.29 is 38.1 Å². The van der Waals surface area contributed by atoms with Crippen molar-refractivity contribution in [3.05, 3.63) is 142 Å². The number of nitrogens with zero attached hydrogens (tertiary/aromatic N) is 2. The van der Waals surface area contributed by atoms with E-state index in [1.807, 2.05) is 48.5 Å². The highest BCUT2D eigenvalue weighted by Gasteiger charge is 2.70. The molecule has 324 valence electrons. The van der Waals surface area contributed by atoms with Gasteiger partial charge in [-0.3, -0.25) is 29.0 Å². The minimum Gasteiger partial charge on any atom is -0.377 e. The van der Waals surface area contributed by atoms with Gasteiger partial charge in [-0.1, -0.05) is 118 Å². The largest absolute Gasteiger partial charge is 0.377 e. The molecule has 63 heavy (non-hydrogen) atoms. The highest BCUT2D eigenvalue weighted by atomic mass is 16.6. The second-order valence-corrected chi connectivity index (χ2v) is 20.5. The molecule has 0 N–H and O–H groups in total. The van der Waals surface area contributed by atoms with E-state index in [1.165, 1.54) is 0 Å². The van der Waals surface area contributed by atoms with Gasteiger partial charge in [0, 0.05) is 24.9 Å². The molecular weight excluding hydrogens is 793 g/mol. The Hall–Kier alpha value is -5.00. The smallest absolute Gasteiger partial charge is 0.234 e. The van der Waals surface area contributed by atoms with Gasteiger partial charge < -0.3 is 18.9 Å². The molecule has 0 aromatic heterocycles. The summed E-state index contributed by atoms with van der Waals surface area (Å²) >= 11 is 0. The quantitative estimate of drug-likeness (QED) is 0.100. The Kier molecular flexibility index (Phi) is 8.95. The number of likely N-dealkylation sites (tertiary alicyclic amines) is 2. The van der Waals surface area contributed by atoms with Crippen LogP contribution in [0.2, 0.25) is 0 Å². The minimum atomic E-state index is -0.801. The molecule has 6 aliphatic carbocycles. The molecule has 4 fully saturated rings. The molecule has 4 saturated heterocycles. The summed E-state index contributed by atoms with van der Waals surface area (Å²) in [5.74, 6) is -2.95. The molecule has 4 aromatic rings. The average molecular weight is 847 g/mol. The fourth-order valence-corrected chi connectivity index (χ4v) is 13.8. The molecule has 10 heteroatoms. The van der Waals surface area contributed by atoms with Gasteiger partial charge in [-0.15, -0.1) is 0 Å². The predicted molar refractivity (Wildman–Crippen MR) is 232 cm³/mol. The Bertz CT molecular complexity index is 2480. The number of amides is 4. The van der Waals surface area contributed by atoms with Crippen molar-refractivity contribution in [2.24, 2.45) is 35.0 Å². The van der Waals surface area contributed by atoms with Gasteiger partial charge in [0.2, 0.25) is 23.6 Å². The zero-order valence-corrected chi connectivity index (χ0v) is 36.2. The zero-order valence-electron chi connectivity index (χ0n) is 36.2. The molecule has 10 nitrogen and oxygen atoms in total. The summed E-state index contributed by atoms with van der Waals surface area (Å²) in [6.45, 7) is 9.85. The van der Waals surface area contributed by atoms with Crippen molar-refractivity contribution in [3.63, 3.8) is 0 Å². The lowest BCUT2D eigenvalue weighted by Gasteiger charge is -2.54. The molecule has 4 bridgehead atoms. The molecule has 4 amide bonds. The highest BCUT2D eigenvalue weighted by molar-refractivity contribution is 6.09. The molecular formula is C53H54N2O8. The average Bonchev–Trinajstić information content (AvgIpc) is 4.24. The maximum Gasteiger partial charge on any atom is 0.234 e. The summed E-state index contributed by atoms with van der Waals surface area (Å²) in [5, 5.41) is 0. The van der Waals surface area contributed by atoms with Gasteiger partial charge in [0.1, 0.15) is 12.2 Å². The second-order valence-electron chi connectivity index (χ2n) is 20.5. The third kappa shape index (κ3) is 5.70. The summed E-state index contributed by atoms with van der Waals surface area (Å²) in [4.78, 5) is 62.6. The van der Waals surface area contributed by atoms with E-state index in [-0.39, 0.29) is 60.1 Å². The van der Waals surface area contributed by atoms with Crippen LogP contribution in [0.4, 0.5) is 0 Å². The molecule has 4 aromatic carbocycles. The van der Waals surface area contributed by atoms with Gasteiger partial charge >= 0.3 is 0 Å². The minimum absolute atomic E-state index is 0.0711. The molecule has 4 heterocycles. The lowest BCUT2D eigenvalue weighted by molar-refractivity contribution is -0.143. The van der Waals surface area contributed by atoms with Gasteiger partial charge in [0.05, 0.1) is 74.1 Å². The normalized spacial score (nSPS) is 32.9. The Balaban J connectivity index is 0.783. The van der Waals surface area contributed by atoms with Crippen LogP contribution in [0.5, 0.6) is 0 Å². The molecule has 7 unspecified atom stereocenters. The van der Waals surface area contributed by atoms with E-state index < -0.39 is 39.9 Å². The van der Waals surface area contributed by atoms with E-state index >= 15 is 4.79 Å². The van der Waals surface area contributed by atoms with E-state index in [0.717, 1.165) is 44.5 Å². The van der Waals surface area contributed by atoms with Gasteiger partial charge in [0.25, 0.3) is 0 Å². The van der Waals surface area contributed by atoms with Crippen LogP contribution in [0.3, 0.4) is 0 Å². The van der Waals surface area contributed by atoms with E-state index in [4.69, 9.17) is 18.9 Å². The summed E-state index contributed by atoms with van der Waals surface area (Å²) in [5.41, 5.74) is 6.75. The summed E-state index contributed by atoms with van der Waals surface area (Å²) in [6, 6.07) is 33.3. The van der Waals surface area contributed by atoms with Crippen LogP contribution in [0.1, 0.15) is 90.0 Å². The van der Waals surface area contributed by atoms with Crippen LogP contribution in [0.25, 0.3) is 0 Å². The van der Waals surface area contributed by atoms with Crippen LogP contribution >= 0.6 is 0 Å². The van der Waals surface area contributed by atoms with E-state index in [0.29, 0.717) is 59.0 Å². The molecule has 0 radical (unpaired) electrons. The summed E-state index contributed by atoms with van der Waals surface area (Å²) in [6.07, 6.45) is 1.45. The van der Waals surface area contributed by atoms with E-state index in [9.17, 15) is 14.4 Å². The fraction of sp³-hybridized carbons (Fsp3) is 0.472. The number of carbonyl (C=O) groups excluding carboxylic acids is 4. The monoisotopic (exact) mass is 846 g/mol. The number of benzene rings is 4. The molecule has 0 saturated carbocycles. The Morgan fingerprint density at radius 3 is 1.40 bits per heavy atom. The van der Waals surface area contributed by atoms with Crippen molar-refractivity contribution >= 4 is 23.6 Å². The van der Waals surface area contributed by atoms with Gasteiger partial charge in [-0.25, -0.2) is 0 Å². The molecule has 10 aliphatic rings. The molecule has 4 aliphatic heterocycles. The second kappa shape index (κ2) is 14.2. The lowest BCUT2D eigenvalue weighted by Crippen LogP contribution is -2.56. The number of rotatable bonds is 15. The fourth-order valence-electron chi connectivity index (χ4n) is 13.8. The number of imide groups is 2. The number of epoxide rings is 2. The molecule has 7 atom stereocenters. The summed E-state index contributed by atoms with van der Waals surface area (Å²) < 4.78 is 23.8. The number of hydrogen-bond acceptors (Lipinski definition) is 8. The van der Waals surface area contributed by atoms with E-state index in [2.05, 4.69) is 69.3 Å². The first-order chi connectivity index (χ1) is 30.5. The lowest BCUT2D eigenvalue weighted by atomic mass is 9.47. The standard InChI is InChI=1S/C53H54N2O8/c1-30(20-21-54-47(56)43-41-33-12-4-8-16-37(33)52(45(43)49(54)58,28-60-23-31-25-62-31)38-17-9-5-13-34(38)41)22-51(2,3)27-55-48(57)44-42-35-14-6-10-18-39(35)53(46(44)50(55)59,29-61-24-32-26-63-32)40-19-11-7-15-36(40)42/h4-19,30-32,41-46H,20-29H2,1-3H3. The first-order valence-corrected chi connectivity index (χ1v) is 23.0. The maximum absolute atomic E-state index is 15.0. The first-order valence-electron chi connectivity index (χ1n) is 23.0. The van der Waals surface area contributed by atoms with Crippen LogP contribution in [0.15, 0.2) is 97.1 Å². The Morgan fingerprint density at radius 2 is 0.984 bits per heavy atom. The number of ether oxygens (including phenoxy) is 4. The van der Waals surface area contributed by atoms with Crippen molar-refractivity contribution in [1.82, 2.24) is 9.80 Å². The number of hydrogen-bond donors (Lipinski definition) is 0. The SMILES string of the molecule is CC(CCN1C(=O)C2C3c4ccccc4C(COCC4CO4)(c4ccccc43)C2C1=O)CC(C)(C)CN1C(=O)C2C3c4ccccc4C(COCC4CO4)(c4ccccc43)C2C1=O. The predicted octanol–water partition coefficient (Wildman–Crippen LogP) is 6.35. The van der Waals surface area contributed by atoms with Crippen molar-refractivity contribution in [3.8, 4) is 0 Å². The third-order valence-electron chi connectivity index (χ3n) is 16.2. The topological polar surface area (TPSA) is 118 Å². The van der Waals surface area contributed by atoms with Crippen molar-refractivity contribution in [2.75, 3.05) is 52.7 Å². The third-order valence-corrected chi connectivity index (χ3v) is 16.2. The highest BCUT2D eigenvalue weighted by Crippen LogP contribution is 2.66.